The molecule has 5 heteroatoms. The van der Waals surface area contributed by atoms with E-state index in [-0.39, 0.29) is 23.8 Å². The molecule has 3 fully saturated rings. The number of hydrogen-bond acceptors (Lipinski definition) is 3. The van der Waals surface area contributed by atoms with E-state index in [0.717, 1.165) is 6.54 Å². The van der Waals surface area contributed by atoms with E-state index in [1.54, 1.807) is 0 Å². The average molecular weight is 293 g/mol. The lowest BCUT2D eigenvalue weighted by Crippen LogP contribution is -2.55. The van der Waals surface area contributed by atoms with Crippen LogP contribution in [-0.4, -0.2) is 60.4 Å². The van der Waals surface area contributed by atoms with Crippen LogP contribution < -0.4 is 5.32 Å². The summed E-state index contributed by atoms with van der Waals surface area (Å²) in [7, 11) is 0. The summed E-state index contributed by atoms with van der Waals surface area (Å²) in [5.74, 6) is 1.77. The maximum atomic E-state index is 12.7. The lowest BCUT2D eigenvalue weighted by Gasteiger charge is -2.37. The highest BCUT2D eigenvalue weighted by Crippen LogP contribution is 2.38. The van der Waals surface area contributed by atoms with Crippen LogP contribution in [0, 0.1) is 17.8 Å². The van der Waals surface area contributed by atoms with Gasteiger partial charge in [-0.3, -0.25) is 9.59 Å². The first-order chi connectivity index (χ1) is 10.1. The van der Waals surface area contributed by atoms with Gasteiger partial charge in [0, 0.05) is 32.1 Å². The van der Waals surface area contributed by atoms with Gasteiger partial charge in [0.15, 0.2) is 0 Å². The van der Waals surface area contributed by atoms with Gasteiger partial charge in [0.05, 0.1) is 6.04 Å². The molecular weight excluding hydrogens is 266 g/mol. The van der Waals surface area contributed by atoms with Crippen molar-refractivity contribution in [2.75, 3.05) is 32.7 Å². The second-order valence-corrected chi connectivity index (χ2v) is 7.05. The van der Waals surface area contributed by atoms with E-state index in [1.165, 1.54) is 19.3 Å². The number of carbonyl (C=O) groups is 2. The molecule has 21 heavy (non-hydrogen) atoms. The minimum absolute atomic E-state index is 0.0323. The molecule has 2 saturated heterocycles. The van der Waals surface area contributed by atoms with Gasteiger partial charge in [0.2, 0.25) is 11.8 Å². The molecule has 0 spiro atoms. The lowest BCUT2D eigenvalue weighted by atomic mass is 9.93. The number of nitrogens with zero attached hydrogens (tertiary/aromatic N) is 2. The maximum absolute atomic E-state index is 12.7. The third-order valence-corrected chi connectivity index (χ3v) is 5.41. The number of carbonyl (C=O) groups excluding carboxylic acids is 2. The van der Waals surface area contributed by atoms with Crippen LogP contribution in [0.15, 0.2) is 0 Å². The van der Waals surface area contributed by atoms with Gasteiger partial charge in [-0.1, -0.05) is 20.3 Å². The molecule has 0 aromatic heterocycles. The number of hydrogen-bond donors (Lipinski definition) is 1. The van der Waals surface area contributed by atoms with Gasteiger partial charge < -0.3 is 15.1 Å². The Bertz CT molecular complexity index is 416. The van der Waals surface area contributed by atoms with E-state index < -0.39 is 0 Å². The van der Waals surface area contributed by atoms with Crippen molar-refractivity contribution in [1.29, 1.82) is 0 Å². The summed E-state index contributed by atoms with van der Waals surface area (Å²) in [6, 6.07) is 0.0323. The Morgan fingerprint density at radius 1 is 1.05 bits per heavy atom. The molecule has 2 amide bonds. The summed E-state index contributed by atoms with van der Waals surface area (Å²) < 4.78 is 0. The monoisotopic (exact) mass is 293 g/mol. The van der Waals surface area contributed by atoms with E-state index >= 15 is 0 Å². The van der Waals surface area contributed by atoms with Crippen molar-refractivity contribution in [3.63, 3.8) is 0 Å². The molecule has 3 unspecified atom stereocenters. The first kappa shape index (κ1) is 14.8. The largest absolute Gasteiger partial charge is 0.339 e. The normalized spacial score (nSPS) is 32.6. The first-order valence-corrected chi connectivity index (χ1v) is 8.39. The fourth-order valence-corrected chi connectivity index (χ4v) is 4.17. The van der Waals surface area contributed by atoms with Crippen molar-refractivity contribution in [3.05, 3.63) is 0 Å². The highest BCUT2D eigenvalue weighted by molar-refractivity contribution is 5.83. The molecule has 1 saturated carbocycles. The molecule has 1 N–H and O–H groups in total. The van der Waals surface area contributed by atoms with Gasteiger partial charge in [0.1, 0.15) is 0 Å². The predicted octanol–water partition coefficient (Wildman–Crippen LogP) is 0.701. The topological polar surface area (TPSA) is 52.7 Å². The SMILES string of the molecule is CC(C)C(=O)N1CCN(C(=O)C2NCC3CCCC32)CC1. The minimum Gasteiger partial charge on any atom is -0.339 e. The Hall–Kier alpha value is -1.10. The van der Waals surface area contributed by atoms with Gasteiger partial charge in [-0.25, -0.2) is 0 Å². The highest BCUT2D eigenvalue weighted by Gasteiger charge is 2.44. The Morgan fingerprint density at radius 2 is 1.71 bits per heavy atom. The summed E-state index contributed by atoms with van der Waals surface area (Å²) in [6.45, 7) is 7.62. The van der Waals surface area contributed by atoms with Gasteiger partial charge >= 0.3 is 0 Å². The average Bonchev–Trinajstić information content (AvgIpc) is 3.08. The molecule has 0 aromatic carbocycles. The number of nitrogens with one attached hydrogen (secondary N) is 1. The maximum Gasteiger partial charge on any atom is 0.240 e. The van der Waals surface area contributed by atoms with Crippen LogP contribution in [0.25, 0.3) is 0 Å². The zero-order chi connectivity index (χ0) is 15.0. The summed E-state index contributed by atoms with van der Waals surface area (Å²) in [5, 5.41) is 3.44. The van der Waals surface area contributed by atoms with Crippen LogP contribution in [0.3, 0.4) is 0 Å². The van der Waals surface area contributed by atoms with E-state index in [2.05, 4.69) is 5.32 Å². The van der Waals surface area contributed by atoms with Crippen LogP contribution in [0.1, 0.15) is 33.1 Å². The summed E-state index contributed by atoms with van der Waals surface area (Å²) in [5.41, 5.74) is 0. The number of piperazine rings is 1. The van der Waals surface area contributed by atoms with Crippen molar-refractivity contribution in [2.45, 2.75) is 39.2 Å². The molecule has 3 aliphatic rings. The molecule has 0 radical (unpaired) electrons. The smallest absolute Gasteiger partial charge is 0.240 e. The fraction of sp³-hybridized carbons (Fsp3) is 0.875. The van der Waals surface area contributed by atoms with Crippen LogP contribution in [0.5, 0.6) is 0 Å². The molecule has 1 aliphatic carbocycles. The molecule has 3 atom stereocenters. The van der Waals surface area contributed by atoms with Crippen molar-refractivity contribution in [3.8, 4) is 0 Å². The van der Waals surface area contributed by atoms with E-state index in [9.17, 15) is 9.59 Å². The Kier molecular flexibility index (Phi) is 4.20. The second kappa shape index (κ2) is 5.95. The number of fused-ring (bicyclic) bond motifs is 1. The van der Waals surface area contributed by atoms with E-state index in [4.69, 9.17) is 0 Å². The zero-order valence-electron chi connectivity index (χ0n) is 13.2. The van der Waals surface area contributed by atoms with Crippen molar-refractivity contribution >= 4 is 11.8 Å². The third kappa shape index (κ3) is 2.80. The van der Waals surface area contributed by atoms with E-state index in [0.29, 0.717) is 38.0 Å². The van der Waals surface area contributed by atoms with Gasteiger partial charge in [-0.2, -0.15) is 0 Å². The number of rotatable bonds is 2. The summed E-state index contributed by atoms with van der Waals surface area (Å²) in [4.78, 5) is 28.6. The Labute approximate surface area is 127 Å². The molecule has 0 aromatic rings. The van der Waals surface area contributed by atoms with Crippen molar-refractivity contribution in [1.82, 2.24) is 15.1 Å². The molecule has 2 aliphatic heterocycles. The van der Waals surface area contributed by atoms with Crippen molar-refractivity contribution < 1.29 is 9.59 Å². The Balaban J connectivity index is 1.55. The van der Waals surface area contributed by atoms with Crippen LogP contribution >= 0.6 is 0 Å². The molecule has 118 valence electrons. The van der Waals surface area contributed by atoms with Crippen LogP contribution in [0.2, 0.25) is 0 Å². The highest BCUT2D eigenvalue weighted by atomic mass is 16.2. The second-order valence-electron chi connectivity index (χ2n) is 7.05. The van der Waals surface area contributed by atoms with Crippen LogP contribution in [-0.2, 0) is 9.59 Å². The summed E-state index contributed by atoms with van der Waals surface area (Å²) in [6.07, 6.45) is 3.75. The lowest BCUT2D eigenvalue weighted by molar-refractivity contribution is -0.142. The standard InChI is InChI=1S/C16H27N3O2/c1-11(2)15(20)18-6-8-19(9-7-18)16(21)14-13-5-3-4-12(13)10-17-14/h11-14,17H,3-10H2,1-2H3. The summed E-state index contributed by atoms with van der Waals surface area (Å²) >= 11 is 0. The third-order valence-electron chi connectivity index (χ3n) is 5.41. The van der Waals surface area contributed by atoms with Crippen LogP contribution in [0.4, 0.5) is 0 Å². The predicted molar refractivity (Wildman–Crippen MR) is 80.6 cm³/mol. The molecular formula is C16H27N3O2. The van der Waals surface area contributed by atoms with E-state index in [1.807, 2.05) is 23.6 Å². The zero-order valence-corrected chi connectivity index (χ0v) is 13.2. The first-order valence-electron chi connectivity index (χ1n) is 8.39. The molecule has 5 nitrogen and oxygen atoms in total. The van der Waals surface area contributed by atoms with Gasteiger partial charge in [-0.05, 0) is 31.2 Å². The minimum atomic E-state index is 0.0323. The quantitative estimate of drug-likeness (QED) is 0.815. The van der Waals surface area contributed by atoms with Gasteiger partial charge in [0.25, 0.3) is 0 Å². The van der Waals surface area contributed by atoms with Gasteiger partial charge in [-0.15, -0.1) is 0 Å². The number of amides is 2. The Morgan fingerprint density at radius 3 is 2.38 bits per heavy atom. The molecule has 2 heterocycles. The fourth-order valence-electron chi connectivity index (χ4n) is 4.17. The van der Waals surface area contributed by atoms with Crippen molar-refractivity contribution in [2.24, 2.45) is 17.8 Å². The molecule has 3 rings (SSSR count). The molecule has 0 bridgehead atoms.